The molecule has 0 saturated heterocycles. The highest BCUT2D eigenvalue weighted by Gasteiger charge is 2.26. The van der Waals surface area contributed by atoms with Gasteiger partial charge < -0.3 is 14.2 Å². The first kappa shape index (κ1) is 27.9. The summed E-state index contributed by atoms with van der Waals surface area (Å²) in [6.45, 7) is 25.7. The van der Waals surface area contributed by atoms with E-state index in [9.17, 15) is 0 Å². The molecule has 0 amide bonds. The summed E-state index contributed by atoms with van der Waals surface area (Å²) in [6.07, 6.45) is 5.32. The molecule has 0 fully saturated rings. The first-order chi connectivity index (χ1) is 17.7. The minimum absolute atomic E-state index is 0.0326. The van der Waals surface area contributed by atoms with Crippen LogP contribution < -0.4 is 14.2 Å². The van der Waals surface area contributed by atoms with Gasteiger partial charge in [-0.15, -0.1) is 0 Å². The Hall–Kier alpha value is -3.72. The predicted molar refractivity (Wildman–Crippen MR) is 156 cm³/mol. The molecule has 0 N–H and O–H groups in total. The van der Waals surface area contributed by atoms with Crippen molar-refractivity contribution in [3.8, 4) is 17.2 Å². The third-order valence-electron chi connectivity index (χ3n) is 7.03. The molecule has 0 heterocycles. The smallest absolute Gasteiger partial charge is 0.125 e. The Morgan fingerprint density at radius 3 is 1.41 bits per heavy atom. The van der Waals surface area contributed by atoms with E-state index < -0.39 is 0 Å². The second kappa shape index (κ2) is 12.5. The fraction of sp³-hybridized carbons (Fsp3) is 0.294. The Balaban J connectivity index is 2.25. The van der Waals surface area contributed by atoms with Crippen LogP contribution in [0.2, 0.25) is 0 Å². The van der Waals surface area contributed by atoms with Gasteiger partial charge in [0.2, 0.25) is 0 Å². The fourth-order valence-electron chi connectivity index (χ4n) is 4.95. The molecular formula is C34H40O3. The van der Waals surface area contributed by atoms with Crippen molar-refractivity contribution in [1.82, 2.24) is 0 Å². The maximum absolute atomic E-state index is 6.04. The molecule has 0 radical (unpaired) electrons. The summed E-state index contributed by atoms with van der Waals surface area (Å²) in [5, 5.41) is 0. The van der Waals surface area contributed by atoms with E-state index in [-0.39, 0.29) is 5.92 Å². The van der Waals surface area contributed by atoms with Crippen molar-refractivity contribution in [3.05, 3.63) is 124 Å². The Morgan fingerprint density at radius 1 is 0.595 bits per heavy atom. The molecule has 0 unspecified atom stereocenters. The zero-order valence-corrected chi connectivity index (χ0v) is 23.2. The van der Waals surface area contributed by atoms with Gasteiger partial charge in [-0.2, -0.15) is 0 Å². The molecule has 0 aliphatic heterocycles. The molecule has 0 bridgehead atoms. The fourth-order valence-corrected chi connectivity index (χ4v) is 4.95. The molecular weight excluding hydrogens is 456 g/mol. The number of hydrogen-bond acceptors (Lipinski definition) is 3. The number of benzene rings is 3. The average Bonchev–Trinajstić information content (AvgIpc) is 2.89. The quantitative estimate of drug-likeness (QED) is 0.186. The molecule has 0 aromatic heterocycles. The Bertz CT molecular complexity index is 1210. The lowest BCUT2D eigenvalue weighted by Crippen LogP contribution is -2.12. The standard InChI is InChI=1S/C34H40O3/c1-10-17-35-29-15-13-28(14-16-29)32(30-20-22(4)33(36-18-11-2)26(8)24(30)6)31-21-23(5)34(37-19-12-3)27(9)25(31)7/h10-16,20-21,32H,1-3,17-19H2,4-9H3. The van der Waals surface area contributed by atoms with Crippen LogP contribution in [0, 0.1) is 41.5 Å². The predicted octanol–water partition coefficient (Wildman–Crippen LogP) is 8.41. The van der Waals surface area contributed by atoms with Gasteiger partial charge in [-0.1, -0.05) is 62.2 Å². The third-order valence-corrected chi connectivity index (χ3v) is 7.03. The normalized spacial score (nSPS) is 10.8. The van der Waals surface area contributed by atoms with Gasteiger partial charge in [-0.3, -0.25) is 0 Å². The largest absolute Gasteiger partial charge is 0.490 e. The lowest BCUT2D eigenvalue weighted by Gasteiger charge is -2.27. The summed E-state index contributed by atoms with van der Waals surface area (Å²) in [5.41, 5.74) is 10.7. The SMILES string of the molecule is C=CCOc1ccc(C(c2cc(C)c(OCC=C)c(C)c2C)c2cc(C)c(OCC=C)c(C)c2C)cc1. The minimum atomic E-state index is 0.0326. The van der Waals surface area contributed by atoms with Gasteiger partial charge in [0.1, 0.15) is 37.1 Å². The summed E-state index contributed by atoms with van der Waals surface area (Å²) >= 11 is 0. The van der Waals surface area contributed by atoms with Crippen LogP contribution in [-0.2, 0) is 0 Å². The monoisotopic (exact) mass is 496 g/mol. The Kier molecular flexibility index (Phi) is 9.41. The highest BCUT2D eigenvalue weighted by molar-refractivity contribution is 5.59. The zero-order valence-electron chi connectivity index (χ0n) is 23.2. The van der Waals surface area contributed by atoms with Crippen molar-refractivity contribution in [2.75, 3.05) is 19.8 Å². The highest BCUT2D eigenvalue weighted by atomic mass is 16.5. The molecule has 0 saturated carbocycles. The molecule has 3 aromatic rings. The van der Waals surface area contributed by atoms with E-state index in [2.05, 4.69) is 85.5 Å². The van der Waals surface area contributed by atoms with Crippen LogP contribution in [0.4, 0.5) is 0 Å². The van der Waals surface area contributed by atoms with Crippen LogP contribution in [0.1, 0.15) is 56.0 Å². The third kappa shape index (κ3) is 5.99. The summed E-state index contributed by atoms with van der Waals surface area (Å²) in [5.74, 6) is 2.73. The first-order valence-corrected chi connectivity index (χ1v) is 12.8. The van der Waals surface area contributed by atoms with Crippen molar-refractivity contribution in [2.24, 2.45) is 0 Å². The molecule has 3 nitrogen and oxygen atoms in total. The Labute approximate surface area is 223 Å². The zero-order chi connectivity index (χ0) is 27.1. The van der Waals surface area contributed by atoms with Gasteiger partial charge in [0, 0.05) is 5.92 Å². The van der Waals surface area contributed by atoms with E-state index in [1.807, 2.05) is 12.1 Å². The maximum atomic E-state index is 6.04. The second-order valence-electron chi connectivity index (χ2n) is 9.52. The summed E-state index contributed by atoms with van der Waals surface area (Å²) in [6, 6.07) is 13.0. The number of aryl methyl sites for hydroxylation is 2. The van der Waals surface area contributed by atoms with Crippen LogP contribution in [0.15, 0.2) is 74.4 Å². The molecule has 37 heavy (non-hydrogen) atoms. The lowest BCUT2D eigenvalue weighted by atomic mass is 9.78. The second-order valence-corrected chi connectivity index (χ2v) is 9.52. The van der Waals surface area contributed by atoms with Crippen LogP contribution in [0.5, 0.6) is 17.2 Å². The van der Waals surface area contributed by atoms with E-state index >= 15 is 0 Å². The van der Waals surface area contributed by atoms with E-state index in [1.165, 1.54) is 27.8 Å². The van der Waals surface area contributed by atoms with Crippen LogP contribution in [0.3, 0.4) is 0 Å². The van der Waals surface area contributed by atoms with Crippen LogP contribution in [0.25, 0.3) is 0 Å². The topological polar surface area (TPSA) is 27.7 Å². The molecule has 3 heteroatoms. The van der Waals surface area contributed by atoms with Crippen molar-refractivity contribution in [1.29, 1.82) is 0 Å². The van der Waals surface area contributed by atoms with Crippen molar-refractivity contribution >= 4 is 0 Å². The summed E-state index contributed by atoms with van der Waals surface area (Å²) in [4.78, 5) is 0. The molecule has 0 spiro atoms. The van der Waals surface area contributed by atoms with E-state index in [0.717, 1.165) is 39.5 Å². The highest BCUT2D eigenvalue weighted by Crippen LogP contribution is 2.43. The van der Waals surface area contributed by atoms with Gasteiger partial charge in [0.25, 0.3) is 0 Å². The molecule has 3 rings (SSSR count). The van der Waals surface area contributed by atoms with Gasteiger partial charge in [-0.25, -0.2) is 0 Å². The number of hydrogen-bond donors (Lipinski definition) is 0. The molecule has 0 atom stereocenters. The molecule has 194 valence electrons. The summed E-state index contributed by atoms with van der Waals surface area (Å²) < 4.78 is 17.9. The molecule has 0 aliphatic rings. The first-order valence-electron chi connectivity index (χ1n) is 12.8. The van der Waals surface area contributed by atoms with Crippen LogP contribution >= 0.6 is 0 Å². The van der Waals surface area contributed by atoms with Crippen molar-refractivity contribution in [3.63, 3.8) is 0 Å². The van der Waals surface area contributed by atoms with Gasteiger partial charge in [0.05, 0.1) is 0 Å². The maximum Gasteiger partial charge on any atom is 0.125 e. The lowest BCUT2D eigenvalue weighted by molar-refractivity contribution is 0.357. The van der Waals surface area contributed by atoms with E-state index in [4.69, 9.17) is 14.2 Å². The number of rotatable bonds is 12. The molecule has 0 aliphatic carbocycles. The van der Waals surface area contributed by atoms with E-state index in [1.54, 1.807) is 18.2 Å². The van der Waals surface area contributed by atoms with Crippen LogP contribution in [-0.4, -0.2) is 19.8 Å². The van der Waals surface area contributed by atoms with Crippen molar-refractivity contribution in [2.45, 2.75) is 47.5 Å². The van der Waals surface area contributed by atoms with E-state index in [0.29, 0.717) is 19.8 Å². The van der Waals surface area contributed by atoms with Gasteiger partial charge in [0.15, 0.2) is 0 Å². The average molecular weight is 497 g/mol. The minimum Gasteiger partial charge on any atom is -0.490 e. The molecule has 3 aromatic carbocycles. The van der Waals surface area contributed by atoms with Crippen molar-refractivity contribution < 1.29 is 14.2 Å². The Morgan fingerprint density at radius 2 is 1.00 bits per heavy atom. The summed E-state index contributed by atoms with van der Waals surface area (Å²) in [7, 11) is 0. The number of ether oxygens (including phenoxy) is 3. The van der Waals surface area contributed by atoms with Gasteiger partial charge >= 0.3 is 0 Å². The van der Waals surface area contributed by atoms with Gasteiger partial charge in [-0.05, 0) is 104 Å².